The number of hydrogen-bond acceptors (Lipinski definition) is 3. The van der Waals surface area contributed by atoms with Crippen molar-refractivity contribution in [1.29, 1.82) is 0 Å². The molecule has 0 aromatic carbocycles. The molecular formula is ClKO3S. The first-order chi connectivity index (χ1) is 2.27. The molecule has 0 aromatic rings. The minimum Gasteiger partial charge on any atom is -0.749 e. The number of hydrogen-bond donors (Lipinski definition) is 0. The third-order valence-electron chi connectivity index (χ3n) is 0.0514. The van der Waals surface area contributed by atoms with Crippen LogP contribution in [0.4, 0.5) is 0 Å². The molecule has 0 N–H and O–H groups in total. The SMILES string of the molecule is O=S([O-])OCl.[K+]. The average Bonchev–Trinajstić information content (AvgIpc) is 1.38. The summed E-state index contributed by atoms with van der Waals surface area (Å²) in [7, 11) is 0. The summed E-state index contributed by atoms with van der Waals surface area (Å²) in [4.78, 5) is 0. The maximum absolute atomic E-state index is 9.01. The first-order valence-electron chi connectivity index (χ1n) is 0.654. The van der Waals surface area contributed by atoms with Gasteiger partial charge in [-0.05, 0) is 0 Å². The van der Waals surface area contributed by atoms with Crippen LogP contribution in [0.3, 0.4) is 0 Å². The van der Waals surface area contributed by atoms with Gasteiger partial charge >= 0.3 is 51.4 Å². The van der Waals surface area contributed by atoms with Gasteiger partial charge in [-0.3, -0.25) is 0 Å². The number of rotatable bonds is 1. The molecule has 0 bridgehead atoms. The Morgan fingerprint density at radius 3 is 2.00 bits per heavy atom. The second kappa shape index (κ2) is 7.00. The molecule has 0 fully saturated rings. The van der Waals surface area contributed by atoms with Gasteiger partial charge in [-0.2, -0.15) is 3.74 Å². The molecule has 0 saturated carbocycles. The van der Waals surface area contributed by atoms with E-state index in [1.807, 2.05) is 0 Å². The third kappa shape index (κ3) is 9.37. The van der Waals surface area contributed by atoms with Crippen LogP contribution in [-0.4, -0.2) is 8.76 Å². The molecule has 6 heavy (non-hydrogen) atoms. The Morgan fingerprint density at radius 2 is 2.00 bits per heavy atom. The molecule has 0 aromatic heterocycles. The van der Waals surface area contributed by atoms with Gasteiger partial charge in [0.2, 0.25) is 0 Å². The molecule has 0 heterocycles. The summed E-state index contributed by atoms with van der Waals surface area (Å²) in [6.07, 6.45) is 0. The molecule has 0 radical (unpaired) electrons. The summed E-state index contributed by atoms with van der Waals surface area (Å²) in [5, 5.41) is 0. The molecule has 0 aliphatic rings. The van der Waals surface area contributed by atoms with Crippen LogP contribution < -0.4 is 51.4 Å². The Kier molecular flexibility index (Phi) is 12.7. The zero-order valence-electron chi connectivity index (χ0n) is 3.01. The van der Waals surface area contributed by atoms with E-state index in [0.717, 1.165) is 0 Å². The van der Waals surface area contributed by atoms with Crippen molar-refractivity contribution in [2.24, 2.45) is 0 Å². The van der Waals surface area contributed by atoms with E-state index >= 15 is 0 Å². The average molecular weight is 155 g/mol. The summed E-state index contributed by atoms with van der Waals surface area (Å²) in [5.74, 6) is 0. The van der Waals surface area contributed by atoms with Gasteiger partial charge in [0.15, 0.2) is 0 Å². The predicted molar refractivity (Wildman–Crippen MR) is 15.9 cm³/mol. The summed E-state index contributed by atoms with van der Waals surface area (Å²) < 4.78 is 21.2. The maximum atomic E-state index is 9.01. The first-order valence-corrected chi connectivity index (χ1v) is 1.96. The minimum absolute atomic E-state index is 0. The van der Waals surface area contributed by atoms with Gasteiger partial charge in [-0.25, -0.2) is 4.21 Å². The first kappa shape index (κ1) is 10.9. The molecule has 0 rings (SSSR count). The third-order valence-corrected chi connectivity index (χ3v) is 0.463. The molecule has 32 valence electrons. The molecule has 3 nitrogen and oxygen atoms in total. The van der Waals surface area contributed by atoms with Crippen LogP contribution >= 0.6 is 11.9 Å². The normalized spacial score (nSPS) is 12.3. The zero-order chi connectivity index (χ0) is 4.28. The molecule has 1 unspecified atom stereocenters. The van der Waals surface area contributed by atoms with Crippen molar-refractivity contribution in [2.75, 3.05) is 0 Å². The van der Waals surface area contributed by atoms with Crippen molar-refractivity contribution in [3.63, 3.8) is 0 Å². The molecule has 0 aliphatic heterocycles. The molecule has 6 heteroatoms. The Bertz CT molecular complexity index is 46.1. The van der Waals surface area contributed by atoms with Crippen LogP contribution in [0.25, 0.3) is 0 Å². The van der Waals surface area contributed by atoms with Gasteiger partial charge in [0.25, 0.3) is 0 Å². The Balaban J connectivity index is 0. The fraction of sp³-hybridized carbons (Fsp3) is 0. The van der Waals surface area contributed by atoms with Gasteiger partial charge in [0.05, 0.1) is 11.9 Å². The van der Waals surface area contributed by atoms with Crippen LogP contribution in [0.5, 0.6) is 0 Å². The summed E-state index contributed by atoms with van der Waals surface area (Å²) >= 11 is 1.67. The number of halogens is 1. The zero-order valence-corrected chi connectivity index (χ0v) is 7.71. The monoisotopic (exact) mass is 154 g/mol. The largest absolute Gasteiger partial charge is 1.00 e. The standard InChI is InChI=1S/ClHO3S.K/c1-4-5(2)3;/h(H,2,3);/q;+1/p-1. The van der Waals surface area contributed by atoms with Gasteiger partial charge in [-0.1, -0.05) is 0 Å². The van der Waals surface area contributed by atoms with Crippen molar-refractivity contribution in [3.8, 4) is 0 Å². The molecule has 0 aliphatic carbocycles. The van der Waals surface area contributed by atoms with E-state index in [9.17, 15) is 0 Å². The van der Waals surface area contributed by atoms with Crippen LogP contribution in [0, 0.1) is 0 Å². The van der Waals surface area contributed by atoms with Crippen LogP contribution in [0.15, 0.2) is 0 Å². The molecule has 1 atom stereocenters. The second-order valence-corrected chi connectivity index (χ2v) is 1.18. The van der Waals surface area contributed by atoms with E-state index in [-0.39, 0.29) is 51.4 Å². The fourth-order valence-corrected chi connectivity index (χ4v) is 0. The smallest absolute Gasteiger partial charge is 0.749 e. The molecular weight excluding hydrogens is 155 g/mol. The van der Waals surface area contributed by atoms with Crippen molar-refractivity contribution < 1.29 is 63.9 Å². The van der Waals surface area contributed by atoms with Gasteiger partial charge < -0.3 is 4.55 Å². The minimum atomic E-state index is -2.56. The summed E-state index contributed by atoms with van der Waals surface area (Å²) in [5.41, 5.74) is 0. The van der Waals surface area contributed by atoms with Crippen LogP contribution in [0.1, 0.15) is 0 Å². The molecule has 0 saturated heterocycles. The maximum Gasteiger partial charge on any atom is 1.00 e. The fourth-order valence-electron chi connectivity index (χ4n) is 0. The molecule has 0 spiro atoms. The summed E-state index contributed by atoms with van der Waals surface area (Å²) in [6, 6.07) is 0. The van der Waals surface area contributed by atoms with Crippen molar-refractivity contribution in [2.45, 2.75) is 0 Å². The van der Waals surface area contributed by atoms with Gasteiger partial charge in [0, 0.05) is 0 Å². The quantitative estimate of drug-likeness (QED) is 0.298. The second-order valence-electron chi connectivity index (χ2n) is 0.267. The van der Waals surface area contributed by atoms with E-state index < -0.39 is 11.4 Å². The van der Waals surface area contributed by atoms with E-state index in [2.05, 4.69) is 15.6 Å². The van der Waals surface area contributed by atoms with E-state index in [0.29, 0.717) is 0 Å². The Hall–Kier alpha value is 2.00. The summed E-state index contributed by atoms with van der Waals surface area (Å²) in [6.45, 7) is 0. The van der Waals surface area contributed by atoms with Crippen LogP contribution in [0.2, 0.25) is 0 Å². The Morgan fingerprint density at radius 1 is 1.83 bits per heavy atom. The van der Waals surface area contributed by atoms with Gasteiger partial charge in [-0.15, -0.1) is 0 Å². The topological polar surface area (TPSA) is 49.4 Å². The van der Waals surface area contributed by atoms with Crippen molar-refractivity contribution in [3.05, 3.63) is 0 Å². The van der Waals surface area contributed by atoms with Crippen molar-refractivity contribution in [1.82, 2.24) is 0 Å². The van der Waals surface area contributed by atoms with E-state index in [1.54, 1.807) is 0 Å². The van der Waals surface area contributed by atoms with Gasteiger partial charge in [0.1, 0.15) is 11.4 Å². The van der Waals surface area contributed by atoms with Crippen LogP contribution in [-0.2, 0) is 15.1 Å². The predicted octanol–water partition coefficient (Wildman–Crippen LogP) is -3.05. The van der Waals surface area contributed by atoms with E-state index in [4.69, 9.17) is 8.76 Å². The Labute approximate surface area is 85.5 Å². The van der Waals surface area contributed by atoms with E-state index in [1.165, 1.54) is 0 Å². The molecule has 0 amide bonds. The van der Waals surface area contributed by atoms with Crippen molar-refractivity contribution >= 4 is 23.2 Å².